The molecule has 2 aliphatic rings. The van der Waals surface area contributed by atoms with Gasteiger partial charge in [0.15, 0.2) is 0 Å². The highest BCUT2D eigenvalue weighted by molar-refractivity contribution is 5.76. The Balaban J connectivity index is 1.55. The fourth-order valence-corrected chi connectivity index (χ4v) is 4.15. The van der Waals surface area contributed by atoms with Gasteiger partial charge in [0.05, 0.1) is 26.2 Å². The maximum absolute atomic E-state index is 12.6. The lowest BCUT2D eigenvalue weighted by Crippen LogP contribution is -3.10. The van der Waals surface area contributed by atoms with Gasteiger partial charge in [0.1, 0.15) is 17.9 Å². The molecule has 1 spiro atoms. The van der Waals surface area contributed by atoms with Gasteiger partial charge in [-0.15, -0.1) is 0 Å². The van der Waals surface area contributed by atoms with Gasteiger partial charge in [0.25, 0.3) is 11.1 Å². The average molecular weight is 385 g/mol. The highest BCUT2D eigenvalue weighted by Crippen LogP contribution is 2.42. The molecular formula is C20H25N4O4+. The summed E-state index contributed by atoms with van der Waals surface area (Å²) in [6.07, 6.45) is 2.57. The van der Waals surface area contributed by atoms with Crippen molar-refractivity contribution in [2.24, 2.45) is 0 Å². The molecule has 1 aromatic heterocycles. The number of nitrogens with zero attached hydrogens (tertiary/aromatic N) is 1. The second-order valence-electron chi connectivity index (χ2n) is 7.84. The van der Waals surface area contributed by atoms with Gasteiger partial charge in [0, 0.05) is 37.0 Å². The van der Waals surface area contributed by atoms with Gasteiger partial charge in [0.2, 0.25) is 5.91 Å². The lowest BCUT2D eigenvalue weighted by atomic mass is 9.80. The van der Waals surface area contributed by atoms with E-state index in [1.54, 1.807) is 0 Å². The van der Waals surface area contributed by atoms with Crippen LogP contribution in [-0.2, 0) is 11.3 Å². The first-order valence-electron chi connectivity index (χ1n) is 9.63. The standard InChI is InChI=1S/C20H24N4O4/c1-23-10-8-20(9-11-23)12-15(14-4-2-3-5-16(14)28-20)21-18(26)13-24-19(27)7-6-17(25)22-24/h2-7,15H,8-13H2,1H3,(H,21,26)(H,22,25)/p+1/t15-/m1/s1. The van der Waals surface area contributed by atoms with Gasteiger partial charge < -0.3 is 15.0 Å². The molecule has 0 bridgehead atoms. The third-order valence-electron chi connectivity index (χ3n) is 5.74. The summed E-state index contributed by atoms with van der Waals surface area (Å²) in [5, 5.41) is 5.43. The van der Waals surface area contributed by atoms with Crippen LogP contribution in [-0.4, -0.2) is 41.4 Å². The SMILES string of the molecule is C[NH+]1CCC2(CC1)C[C@@H](NC(=O)Cn1[nH]c(=O)ccc1=O)c1ccccc1O2. The number of ether oxygens (including phenoxy) is 1. The minimum absolute atomic E-state index is 0.193. The maximum atomic E-state index is 12.6. The van der Waals surface area contributed by atoms with Crippen LogP contribution in [0.1, 0.15) is 30.9 Å². The number of benzene rings is 1. The second kappa shape index (κ2) is 7.27. The van der Waals surface area contributed by atoms with E-state index in [0.717, 1.165) is 54.1 Å². The van der Waals surface area contributed by atoms with Crippen LogP contribution in [0, 0.1) is 0 Å². The number of piperidine rings is 1. The highest BCUT2D eigenvalue weighted by Gasteiger charge is 2.44. The van der Waals surface area contributed by atoms with Crippen LogP contribution in [0.5, 0.6) is 5.75 Å². The molecule has 3 N–H and O–H groups in total. The van der Waals surface area contributed by atoms with E-state index in [4.69, 9.17) is 4.74 Å². The molecule has 8 nitrogen and oxygen atoms in total. The number of amides is 1. The minimum Gasteiger partial charge on any atom is -0.486 e. The number of nitrogens with one attached hydrogen (secondary N) is 3. The fraction of sp³-hybridized carbons (Fsp3) is 0.450. The van der Waals surface area contributed by atoms with Crippen LogP contribution in [0.4, 0.5) is 0 Å². The van der Waals surface area contributed by atoms with Crippen molar-refractivity contribution in [1.82, 2.24) is 15.1 Å². The minimum atomic E-state index is -0.420. The largest absolute Gasteiger partial charge is 0.486 e. The Hall–Kier alpha value is -2.87. The first-order valence-corrected chi connectivity index (χ1v) is 9.63. The van der Waals surface area contributed by atoms with E-state index in [9.17, 15) is 14.4 Å². The molecule has 8 heteroatoms. The van der Waals surface area contributed by atoms with Crippen molar-refractivity contribution < 1.29 is 14.4 Å². The summed E-state index contributed by atoms with van der Waals surface area (Å²) in [6, 6.07) is 9.89. The summed E-state index contributed by atoms with van der Waals surface area (Å²) in [5.41, 5.74) is -0.167. The molecule has 4 rings (SSSR count). The quantitative estimate of drug-likeness (QED) is 0.646. The molecule has 0 saturated carbocycles. The Morgan fingerprint density at radius 2 is 2.00 bits per heavy atom. The average Bonchev–Trinajstić information content (AvgIpc) is 2.67. The fourth-order valence-electron chi connectivity index (χ4n) is 4.15. The Morgan fingerprint density at radius 3 is 2.79 bits per heavy atom. The number of hydrogen-bond acceptors (Lipinski definition) is 4. The van der Waals surface area contributed by atoms with E-state index >= 15 is 0 Å². The smallest absolute Gasteiger partial charge is 0.265 e. The molecule has 148 valence electrons. The predicted molar refractivity (Wildman–Crippen MR) is 102 cm³/mol. The monoisotopic (exact) mass is 385 g/mol. The van der Waals surface area contributed by atoms with Crippen LogP contribution < -0.4 is 26.1 Å². The predicted octanol–water partition coefficient (Wildman–Crippen LogP) is -0.776. The van der Waals surface area contributed by atoms with Crippen LogP contribution in [0.3, 0.4) is 0 Å². The van der Waals surface area contributed by atoms with E-state index in [-0.39, 0.29) is 24.1 Å². The molecule has 1 atom stereocenters. The van der Waals surface area contributed by atoms with Gasteiger partial charge >= 0.3 is 0 Å². The molecule has 1 fully saturated rings. The summed E-state index contributed by atoms with van der Waals surface area (Å²) in [6.45, 7) is 1.83. The number of aromatic amines is 1. The third-order valence-corrected chi connectivity index (χ3v) is 5.74. The molecule has 1 aromatic carbocycles. The topological polar surface area (TPSA) is 97.6 Å². The van der Waals surface area contributed by atoms with Crippen molar-refractivity contribution in [3.8, 4) is 5.75 Å². The van der Waals surface area contributed by atoms with E-state index < -0.39 is 11.1 Å². The summed E-state index contributed by atoms with van der Waals surface area (Å²) in [4.78, 5) is 37.4. The number of hydrogen-bond donors (Lipinski definition) is 3. The van der Waals surface area contributed by atoms with Crippen molar-refractivity contribution in [2.45, 2.75) is 37.5 Å². The van der Waals surface area contributed by atoms with Crippen LogP contribution in [0.2, 0.25) is 0 Å². The Morgan fingerprint density at radius 1 is 1.25 bits per heavy atom. The van der Waals surface area contributed by atoms with Gasteiger partial charge in [-0.2, -0.15) is 0 Å². The summed E-state index contributed by atoms with van der Waals surface area (Å²) >= 11 is 0. The number of carbonyl (C=O) groups is 1. The first-order chi connectivity index (χ1) is 13.4. The number of quaternary nitrogens is 1. The first kappa shape index (κ1) is 18.5. The number of fused-ring (bicyclic) bond motifs is 1. The molecule has 28 heavy (non-hydrogen) atoms. The lowest BCUT2D eigenvalue weighted by molar-refractivity contribution is -0.887. The van der Waals surface area contributed by atoms with E-state index in [1.165, 1.54) is 4.90 Å². The maximum Gasteiger partial charge on any atom is 0.265 e. The van der Waals surface area contributed by atoms with Crippen LogP contribution in [0.25, 0.3) is 0 Å². The van der Waals surface area contributed by atoms with Gasteiger partial charge in [-0.3, -0.25) is 19.5 Å². The third kappa shape index (κ3) is 3.73. The van der Waals surface area contributed by atoms with E-state index in [0.29, 0.717) is 6.42 Å². The summed E-state index contributed by atoms with van der Waals surface area (Å²) < 4.78 is 7.43. The Labute approximate surface area is 162 Å². The van der Waals surface area contributed by atoms with Crippen molar-refractivity contribution in [1.29, 1.82) is 0 Å². The lowest BCUT2D eigenvalue weighted by Gasteiger charge is -2.45. The van der Waals surface area contributed by atoms with Crippen molar-refractivity contribution in [3.05, 3.63) is 62.7 Å². The van der Waals surface area contributed by atoms with E-state index in [1.807, 2.05) is 24.3 Å². The van der Waals surface area contributed by atoms with Gasteiger partial charge in [-0.05, 0) is 6.07 Å². The number of likely N-dealkylation sites (tertiary alicyclic amines) is 1. The van der Waals surface area contributed by atoms with Crippen LogP contribution in [0.15, 0.2) is 46.0 Å². The number of H-pyrrole nitrogens is 1. The van der Waals surface area contributed by atoms with Gasteiger partial charge in [-0.1, -0.05) is 18.2 Å². The molecule has 0 aliphatic carbocycles. The zero-order valence-electron chi connectivity index (χ0n) is 15.9. The summed E-state index contributed by atoms with van der Waals surface area (Å²) in [5.74, 6) is 0.489. The van der Waals surface area contributed by atoms with E-state index in [2.05, 4.69) is 17.5 Å². The molecule has 2 aliphatic heterocycles. The Kier molecular flexibility index (Phi) is 4.80. The number of para-hydroxylation sites is 1. The highest BCUT2D eigenvalue weighted by atomic mass is 16.5. The molecule has 2 aromatic rings. The van der Waals surface area contributed by atoms with Crippen LogP contribution >= 0.6 is 0 Å². The van der Waals surface area contributed by atoms with Crippen molar-refractivity contribution >= 4 is 5.91 Å². The van der Waals surface area contributed by atoms with Crippen molar-refractivity contribution in [3.63, 3.8) is 0 Å². The van der Waals surface area contributed by atoms with Crippen molar-refractivity contribution in [2.75, 3.05) is 20.1 Å². The normalized spacial score (nSPS) is 26.3. The summed E-state index contributed by atoms with van der Waals surface area (Å²) in [7, 11) is 2.18. The number of aromatic nitrogens is 2. The van der Waals surface area contributed by atoms with Gasteiger partial charge in [-0.25, -0.2) is 4.68 Å². The zero-order chi connectivity index (χ0) is 19.7. The number of carbonyl (C=O) groups excluding carboxylic acids is 1. The molecular weight excluding hydrogens is 360 g/mol. The molecule has 0 unspecified atom stereocenters. The number of rotatable bonds is 3. The zero-order valence-corrected chi connectivity index (χ0v) is 15.9. The molecule has 1 saturated heterocycles. The molecule has 0 radical (unpaired) electrons. The Bertz CT molecular complexity index is 988. The molecule has 3 heterocycles. The second-order valence-corrected chi connectivity index (χ2v) is 7.84. The molecule has 1 amide bonds.